The highest BCUT2D eigenvalue weighted by Gasteiger charge is 2.30. The van der Waals surface area contributed by atoms with E-state index in [4.69, 9.17) is 0 Å². The van der Waals surface area contributed by atoms with Crippen molar-refractivity contribution in [3.05, 3.63) is 65.7 Å². The van der Waals surface area contributed by atoms with Gasteiger partial charge < -0.3 is 5.32 Å². The van der Waals surface area contributed by atoms with Crippen molar-refractivity contribution in [2.24, 2.45) is 0 Å². The van der Waals surface area contributed by atoms with E-state index in [9.17, 15) is 22.8 Å². The first-order valence-electron chi connectivity index (χ1n) is 8.88. The normalized spacial score (nSPS) is 11.2. The lowest BCUT2D eigenvalue weighted by Gasteiger charge is -2.07. The summed E-state index contributed by atoms with van der Waals surface area (Å²) in [5.74, 6) is -0.555. The minimum absolute atomic E-state index is 0.00196. The standard InChI is InChI=1S/C19H17F3N6O2/c20-19(21,22)15-8-4-7-14(11-15)17-25-27-28(26-17)10-9-16(29)24-18(30)23-12-13-5-2-1-3-6-13/h1-8,11H,9-10,12H2,(H2,23,24,29,30). The monoisotopic (exact) mass is 418 g/mol. The van der Waals surface area contributed by atoms with Crippen LogP contribution in [0.15, 0.2) is 54.6 Å². The summed E-state index contributed by atoms with van der Waals surface area (Å²) < 4.78 is 38.4. The Morgan fingerprint density at radius 2 is 1.80 bits per heavy atom. The van der Waals surface area contributed by atoms with Gasteiger partial charge in [0.05, 0.1) is 12.1 Å². The quantitative estimate of drug-likeness (QED) is 0.641. The summed E-state index contributed by atoms with van der Waals surface area (Å²) in [4.78, 5) is 24.7. The molecule has 0 radical (unpaired) electrons. The van der Waals surface area contributed by atoms with Crippen molar-refractivity contribution in [3.8, 4) is 11.4 Å². The van der Waals surface area contributed by atoms with E-state index in [0.29, 0.717) is 0 Å². The number of halogens is 3. The molecule has 156 valence electrons. The Kier molecular flexibility index (Phi) is 6.40. The molecule has 3 rings (SSSR count). The number of nitrogens with zero attached hydrogens (tertiary/aromatic N) is 4. The third-order valence-corrected chi connectivity index (χ3v) is 3.99. The molecule has 2 N–H and O–H groups in total. The fourth-order valence-electron chi connectivity index (χ4n) is 2.50. The fourth-order valence-corrected chi connectivity index (χ4v) is 2.50. The number of hydrogen-bond acceptors (Lipinski definition) is 5. The molecule has 1 aromatic heterocycles. The highest BCUT2D eigenvalue weighted by atomic mass is 19.4. The van der Waals surface area contributed by atoms with Gasteiger partial charge in [0.1, 0.15) is 0 Å². The number of tetrazole rings is 1. The summed E-state index contributed by atoms with van der Waals surface area (Å²) >= 11 is 0. The summed E-state index contributed by atoms with van der Waals surface area (Å²) in [6, 6.07) is 13.1. The maximum Gasteiger partial charge on any atom is 0.416 e. The second-order valence-electron chi connectivity index (χ2n) is 6.25. The van der Waals surface area contributed by atoms with E-state index < -0.39 is 23.7 Å². The Balaban J connectivity index is 1.49. The number of hydrogen-bond donors (Lipinski definition) is 2. The van der Waals surface area contributed by atoms with Gasteiger partial charge in [-0.15, -0.1) is 10.2 Å². The molecular weight excluding hydrogens is 401 g/mol. The number of rotatable bonds is 6. The van der Waals surface area contributed by atoms with Crippen LogP contribution in [0.1, 0.15) is 17.5 Å². The average molecular weight is 418 g/mol. The first-order chi connectivity index (χ1) is 14.3. The van der Waals surface area contributed by atoms with Crippen LogP contribution in [0.3, 0.4) is 0 Å². The van der Waals surface area contributed by atoms with Crippen molar-refractivity contribution >= 4 is 11.9 Å². The average Bonchev–Trinajstić information content (AvgIpc) is 3.20. The zero-order valence-electron chi connectivity index (χ0n) is 15.6. The predicted octanol–water partition coefficient (Wildman–Crippen LogP) is 2.78. The van der Waals surface area contributed by atoms with E-state index >= 15 is 0 Å². The number of carbonyl (C=O) groups is 2. The summed E-state index contributed by atoms with van der Waals surface area (Å²) in [5.41, 5.74) is 0.215. The van der Waals surface area contributed by atoms with Gasteiger partial charge in [-0.2, -0.15) is 18.0 Å². The van der Waals surface area contributed by atoms with Crippen LogP contribution >= 0.6 is 0 Å². The summed E-state index contributed by atoms with van der Waals surface area (Å²) in [6.07, 6.45) is -4.59. The van der Waals surface area contributed by atoms with Crippen molar-refractivity contribution < 1.29 is 22.8 Å². The van der Waals surface area contributed by atoms with Crippen molar-refractivity contribution in [2.45, 2.75) is 25.7 Å². The first kappa shape index (κ1) is 21.0. The SMILES string of the molecule is O=C(CCn1nnc(-c2cccc(C(F)(F)F)c2)n1)NC(=O)NCc1ccccc1. The van der Waals surface area contributed by atoms with Crippen molar-refractivity contribution in [2.75, 3.05) is 0 Å². The van der Waals surface area contributed by atoms with Gasteiger partial charge in [0, 0.05) is 18.5 Å². The zero-order valence-corrected chi connectivity index (χ0v) is 15.6. The third kappa shape index (κ3) is 5.87. The smallest absolute Gasteiger partial charge is 0.334 e. The molecule has 8 nitrogen and oxygen atoms in total. The number of aromatic nitrogens is 4. The van der Waals surface area contributed by atoms with E-state index in [1.54, 1.807) is 0 Å². The number of aryl methyl sites for hydroxylation is 1. The molecule has 0 saturated heterocycles. The zero-order chi connectivity index (χ0) is 21.6. The minimum atomic E-state index is -4.48. The summed E-state index contributed by atoms with van der Waals surface area (Å²) in [5, 5.41) is 16.2. The Morgan fingerprint density at radius 3 is 2.53 bits per heavy atom. The van der Waals surface area contributed by atoms with Crippen LogP contribution in [0, 0.1) is 0 Å². The van der Waals surface area contributed by atoms with Crippen LogP contribution in [-0.4, -0.2) is 32.1 Å². The number of amides is 3. The highest BCUT2D eigenvalue weighted by molar-refractivity contribution is 5.94. The van der Waals surface area contributed by atoms with Gasteiger partial charge >= 0.3 is 12.2 Å². The number of nitrogens with one attached hydrogen (secondary N) is 2. The van der Waals surface area contributed by atoms with Crippen LogP contribution in [0.2, 0.25) is 0 Å². The molecule has 11 heteroatoms. The van der Waals surface area contributed by atoms with Gasteiger partial charge in [-0.3, -0.25) is 10.1 Å². The molecule has 1 heterocycles. The molecule has 0 aliphatic rings. The van der Waals surface area contributed by atoms with Crippen LogP contribution in [0.25, 0.3) is 11.4 Å². The number of imide groups is 1. The molecule has 0 fully saturated rings. The molecule has 2 aromatic carbocycles. The van der Waals surface area contributed by atoms with E-state index in [1.165, 1.54) is 12.1 Å². The highest BCUT2D eigenvalue weighted by Crippen LogP contribution is 2.31. The van der Waals surface area contributed by atoms with E-state index in [-0.39, 0.29) is 30.9 Å². The van der Waals surface area contributed by atoms with Gasteiger partial charge in [-0.05, 0) is 22.9 Å². The van der Waals surface area contributed by atoms with Gasteiger partial charge in [-0.1, -0.05) is 42.5 Å². The molecule has 0 unspecified atom stereocenters. The van der Waals surface area contributed by atoms with Crippen LogP contribution in [0.4, 0.5) is 18.0 Å². The molecule has 0 atom stereocenters. The second-order valence-corrected chi connectivity index (χ2v) is 6.25. The Hall–Kier alpha value is -3.76. The van der Waals surface area contributed by atoms with Crippen molar-refractivity contribution in [1.29, 1.82) is 0 Å². The molecular formula is C19H17F3N6O2. The lowest BCUT2D eigenvalue weighted by Crippen LogP contribution is -2.39. The fraction of sp³-hybridized carbons (Fsp3) is 0.211. The molecule has 0 aliphatic heterocycles. The number of alkyl halides is 3. The van der Waals surface area contributed by atoms with Gasteiger partial charge in [-0.25, -0.2) is 4.79 Å². The molecule has 0 saturated carbocycles. The minimum Gasteiger partial charge on any atom is -0.334 e. The largest absolute Gasteiger partial charge is 0.416 e. The van der Waals surface area contributed by atoms with Gasteiger partial charge in [0.25, 0.3) is 0 Å². The van der Waals surface area contributed by atoms with Crippen LogP contribution in [0.5, 0.6) is 0 Å². The van der Waals surface area contributed by atoms with Crippen LogP contribution < -0.4 is 10.6 Å². The van der Waals surface area contributed by atoms with Crippen LogP contribution in [-0.2, 0) is 24.1 Å². The third-order valence-electron chi connectivity index (χ3n) is 3.99. The summed E-state index contributed by atoms with van der Waals surface area (Å²) in [6.45, 7) is 0.273. The lowest BCUT2D eigenvalue weighted by atomic mass is 10.1. The van der Waals surface area contributed by atoms with Gasteiger partial charge in [0.15, 0.2) is 0 Å². The molecule has 0 aliphatic carbocycles. The number of urea groups is 1. The molecule has 30 heavy (non-hydrogen) atoms. The molecule has 3 amide bonds. The first-order valence-corrected chi connectivity index (χ1v) is 8.88. The number of benzene rings is 2. The second kappa shape index (κ2) is 9.16. The molecule has 3 aromatic rings. The summed E-state index contributed by atoms with van der Waals surface area (Å²) in [7, 11) is 0. The van der Waals surface area contributed by atoms with Crippen molar-refractivity contribution in [1.82, 2.24) is 30.8 Å². The van der Waals surface area contributed by atoms with E-state index in [0.717, 1.165) is 22.5 Å². The topological polar surface area (TPSA) is 102 Å². The molecule has 0 bridgehead atoms. The Labute approximate surface area is 169 Å². The van der Waals surface area contributed by atoms with Gasteiger partial charge in [0.2, 0.25) is 11.7 Å². The van der Waals surface area contributed by atoms with Crippen molar-refractivity contribution in [3.63, 3.8) is 0 Å². The maximum absolute atomic E-state index is 12.8. The Bertz CT molecular complexity index is 1020. The maximum atomic E-state index is 12.8. The Morgan fingerprint density at radius 1 is 1.03 bits per heavy atom. The number of carbonyl (C=O) groups excluding carboxylic acids is 2. The molecule has 0 spiro atoms. The lowest BCUT2D eigenvalue weighted by molar-refractivity contribution is -0.137. The van der Waals surface area contributed by atoms with E-state index in [1.807, 2.05) is 30.3 Å². The van der Waals surface area contributed by atoms with E-state index in [2.05, 4.69) is 26.0 Å². The predicted molar refractivity (Wildman–Crippen MR) is 99.7 cm³/mol.